The lowest BCUT2D eigenvalue weighted by molar-refractivity contribution is 1.55. The summed E-state index contributed by atoms with van der Waals surface area (Å²) in [5.41, 5.74) is 1.03. The molecule has 0 bridgehead atoms. The minimum Gasteiger partial charge on any atom is -0.145 e. The number of hydrogen-bond donors (Lipinski definition) is 0. The van der Waals surface area contributed by atoms with Gasteiger partial charge >= 0.3 is 0 Å². The molecule has 0 saturated carbocycles. The normalized spacial score (nSPS) is 11.6. The quantitative estimate of drug-likeness (QED) is 0.189. The molecule has 4 heteroatoms. The van der Waals surface area contributed by atoms with Crippen LogP contribution in [0.15, 0.2) is 120 Å². The molecule has 36 heavy (non-hydrogen) atoms. The van der Waals surface area contributed by atoms with Crippen molar-refractivity contribution < 1.29 is 0 Å². The monoisotopic (exact) mass is 462 g/mol. The van der Waals surface area contributed by atoms with Crippen LogP contribution in [-0.4, -0.2) is 0 Å². The van der Waals surface area contributed by atoms with Gasteiger partial charge in [-0.1, -0.05) is 97.1 Å². The van der Waals surface area contributed by atoms with E-state index < -0.39 is 0 Å². The molecule has 0 saturated heterocycles. The first-order valence-electron chi connectivity index (χ1n) is 11.8. The van der Waals surface area contributed by atoms with Crippen LogP contribution in [0.4, 0.5) is 11.4 Å². The van der Waals surface area contributed by atoms with Crippen molar-refractivity contribution in [3.8, 4) is 0 Å². The van der Waals surface area contributed by atoms with Crippen molar-refractivity contribution in [2.75, 3.05) is 0 Å². The Morgan fingerprint density at radius 2 is 0.639 bits per heavy atom. The first-order valence-corrected chi connectivity index (χ1v) is 11.8. The third kappa shape index (κ3) is 2.88. The van der Waals surface area contributed by atoms with Crippen LogP contribution in [0.3, 0.4) is 0 Å². The van der Waals surface area contributed by atoms with Crippen LogP contribution < -0.4 is 0 Å². The molecule has 0 amide bonds. The SMILES string of the molecule is O=Nc1ccc2ccc3cccc4ccc1c2c34.O=Nc1ccc2ccc3cccc4ccc1c2c34. The smallest absolute Gasteiger partial charge is 0.115 e. The molecule has 0 aromatic heterocycles. The minimum absolute atomic E-state index is 0.515. The van der Waals surface area contributed by atoms with E-state index in [2.05, 4.69) is 83.2 Å². The Balaban J connectivity index is 0.000000122. The van der Waals surface area contributed by atoms with Crippen LogP contribution in [0, 0.1) is 9.81 Å². The minimum atomic E-state index is 0.515. The van der Waals surface area contributed by atoms with Gasteiger partial charge in [0.25, 0.3) is 0 Å². The fraction of sp³-hybridized carbons (Fsp3) is 0. The lowest BCUT2D eigenvalue weighted by atomic mass is 9.94. The van der Waals surface area contributed by atoms with Crippen molar-refractivity contribution in [3.05, 3.63) is 119 Å². The van der Waals surface area contributed by atoms with E-state index in [1.54, 1.807) is 12.1 Å². The molecule has 0 unspecified atom stereocenters. The molecule has 0 atom stereocenters. The molecule has 0 aliphatic rings. The Labute approximate surface area is 205 Å². The molecule has 8 aromatic rings. The second-order valence-corrected chi connectivity index (χ2v) is 9.06. The van der Waals surface area contributed by atoms with Gasteiger partial charge < -0.3 is 0 Å². The van der Waals surface area contributed by atoms with Crippen LogP contribution in [0.5, 0.6) is 0 Å². The second kappa shape index (κ2) is 7.79. The van der Waals surface area contributed by atoms with E-state index in [0.29, 0.717) is 11.4 Å². The van der Waals surface area contributed by atoms with Gasteiger partial charge in [0.15, 0.2) is 0 Å². The predicted molar refractivity (Wildman–Crippen MR) is 151 cm³/mol. The lowest BCUT2D eigenvalue weighted by Crippen LogP contribution is -1.83. The largest absolute Gasteiger partial charge is 0.145 e. The molecule has 0 aliphatic heterocycles. The Bertz CT molecular complexity index is 1910. The predicted octanol–water partition coefficient (Wildman–Crippen LogP) is 9.96. The van der Waals surface area contributed by atoms with E-state index in [-0.39, 0.29) is 0 Å². The summed E-state index contributed by atoms with van der Waals surface area (Å²) in [5.74, 6) is 0. The standard InChI is InChI=1S/2C16H9NO/c2*18-17-14-9-7-12-5-4-10-2-1-3-11-6-8-13(14)16(12)15(10)11/h2*1-9H. The molecule has 0 radical (unpaired) electrons. The Morgan fingerprint density at radius 1 is 0.333 bits per heavy atom. The first kappa shape index (κ1) is 20.4. The van der Waals surface area contributed by atoms with Gasteiger partial charge in [0, 0.05) is 10.8 Å². The summed E-state index contributed by atoms with van der Waals surface area (Å²) in [5, 5.41) is 20.0. The highest BCUT2D eigenvalue weighted by Gasteiger charge is 2.11. The summed E-state index contributed by atoms with van der Waals surface area (Å²) in [6, 6.07) is 36.5. The van der Waals surface area contributed by atoms with Crippen LogP contribution in [-0.2, 0) is 0 Å². The summed E-state index contributed by atoms with van der Waals surface area (Å²) in [4.78, 5) is 21.8. The fourth-order valence-corrected chi connectivity index (χ4v) is 5.60. The van der Waals surface area contributed by atoms with E-state index in [9.17, 15) is 9.81 Å². The summed E-state index contributed by atoms with van der Waals surface area (Å²) in [6.45, 7) is 0. The van der Waals surface area contributed by atoms with E-state index in [1.807, 2.05) is 24.3 Å². The van der Waals surface area contributed by atoms with E-state index in [1.165, 1.54) is 32.3 Å². The molecule has 0 N–H and O–H groups in total. The van der Waals surface area contributed by atoms with Gasteiger partial charge in [-0.25, -0.2) is 0 Å². The van der Waals surface area contributed by atoms with Crippen molar-refractivity contribution >= 4 is 76.0 Å². The Kier molecular flexibility index (Phi) is 4.42. The molecule has 0 aliphatic carbocycles. The highest BCUT2D eigenvalue weighted by Crippen LogP contribution is 2.39. The number of hydrogen-bond acceptors (Lipinski definition) is 4. The molecular weight excluding hydrogens is 444 g/mol. The zero-order valence-corrected chi connectivity index (χ0v) is 19.1. The van der Waals surface area contributed by atoms with E-state index in [0.717, 1.165) is 32.3 Å². The van der Waals surface area contributed by atoms with Crippen LogP contribution in [0.2, 0.25) is 0 Å². The zero-order chi connectivity index (χ0) is 24.2. The zero-order valence-electron chi connectivity index (χ0n) is 19.1. The van der Waals surface area contributed by atoms with Crippen molar-refractivity contribution in [2.24, 2.45) is 10.4 Å². The van der Waals surface area contributed by atoms with Crippen LogP contribution >= 0.6 is 0 Å². The van der Waals surface area contributed by atoms with Crippen molar-refractivity contribution in [1.82, 2.24) is 0 Å². The molecule has 0 fully saturated rings. The van der Waals surface area contributed by atoms with Crippen molar-refractivity contribution in [1.29, 1.82) is 0 Å². The van der Waals surface area contributed by atoms with Gasteiger partial charge in [0.1, 0.15) is 11.4 Å². The molecule has 8 rings (SSSR count). The highest BCUT2D eigenvalue weighted by molar-refractivity contribution is 6.26. The number of nitrogens with zero attached hydrogens (tertiary/aromatic N) is 2. The third-order valence-electron chi connectivity index (χ3n) is 7.21. The second-order valence-electron chi connectivity index (χ2n) is 9.06. The van der Waals surface area contributed by atoms with Crippen LogP contribution in [0.1, 0.15) is 0 Å². The van der Waals surface area contributed by atoms with E-state index in [4.69, 9.17) is 0 Å². The fourth-order valence-electron chi connectivity index (χ4n) is 5.60. The first-order chi connectivity index (χ1) is 17.8. The summed E-state index contributed by atoms with van der Waals surface area (Å²) >= 11 is 0. The average Bonchev–Trinajstić information content (AvgIpc) is 2.95. The maximum atomic E-state index is 10.9. The van der Waals surface area contributed by atoms with Crippen molar-refractivity contribution in [3.63, 3.8) is 0 Å². The third-order valence-corrected chi connectivity index (χ3v) is 7.21. The summed E-state index contributed by atoms with van der Waals surface area (Å²) < 4.78 is 0. The molecule has 4 nitrogen and oxygen atoms in total. The lowest BCUT2D eigenvalue weighted by Gasteiger charge is -2.10. The molecular formula is C32H18N2O2. The molecule has 8 aromatic carbocycles. The summed E-state index contributed by atoms with van der Waals surface area (Å²) in [6.07, 6.45) is 0. The van der Waals surface area contributed by atoms with Gasteiger partial charge in [-0.2, -0.15) is 0 Å². The topological polar surface area (TPSA) is 58.9 Å². The maximum Gasteiger partial charge on any atom is 0.115 e. The Hall–Kier alpha value is -4.96. The van der Waals surface area contributed by atoms with Gasteiger partial charge in [0.05, 0.1) is 0 Å². The van der Waals surface area contributed by atoms with E-state index >= 15 is 0 Å². The van der Waals surface area contributed by atoms with Gasteiger partial charge in [-0.3, -0.25) is 0 Å². The Morgan fingerprint density at radius 3 is 1.00 bits per heavy atom. The van der Waals surface area contributed by atoms with Crippen molar-refractivity contribution in [2.45, 2.75) is 0 Å². The average molecular weight is 463 g/mol. The number of benzene rings is 8. The molecule has 0 spiro atoms. The summed E-state index contributed by atoms with van der Waals surface area (Å²) in [7, 11) is 0. The number of nitroso groups, excluding NO2 is 2. The maximum absolute atomic E-state index is 10.9. The highest BCUT2D eigenvalue weighted by atomic mass is 16.3. The molecule has 0 heterocycles. The molecule has 168 valence electrons. The number of rotatable bonds is 2. The van der Waals surface area contributed by atoms with Gasteiger partial charge in [-0.05, 0) is 76.3 Å². The van der Waals surface area contributed by atoms with Crippen LogP contribution in [0.25, 0.3) is 64.6 Å². The van der Waals surface area contributed by atoms with Gasteiger partial charge in [0.2, 0.25) is 0 Å². The van der Waals surface area contributed by atoms with Gasteiger partial charge in [-0.15, -0.1) is 9.81 Å².